The molecule has 2 unspecified atom stereocenters. The number of nitrogens with zero attached hydrogens (tertiary/aromatic N) is 1. The maximum Gasteiger partial charge on any atom is 0.231 e. The minimum absolute atomic E-state index is 0.246. The van der Waals surface area contributed by atoms with Gasteiger partial charge >= 0.3 is 0 Å². The number of aliphatic hydroxyl groups excluding tert-OH is 2. The van der Waals surface area contributed by atoms with Crippen LogP contribution in [0.25, 0.3) is 11.3 Å². The van der Waals surface area contributed by atoms with Crippen molar-refractivity contribution in [1.82, 2.24) is 4.98 Å². The van der Waals surface area contributed by atoms with Gasteiger partial charge in [0.25, 0.3) is 0 Å². The Hall–Kier alpha value is -2.44. The topological polar surface area (TPSA) is 96.4 Å². The van der Waals surface area contributed by atoms with Crippen molar-refractivity contribution < 1.29 is 15.0 Å². The molecule has 0 radical (unpaired) electrons. The van der Waals surface area contributed by atoms with Crippen LogP contribution in [0.1, 0.15) is 35.6 Å². The summed E-state index contributed by atoms with van der Waals surface area (Å²) in [6.07, 6.45) is 1.23. The number of aliphatic hydroxyl groups is 2. The summed E-state index contributed by atoms with van der Waals surface area (Å²) in [4.78, 5) is 17.1. The number of rotatable bonds is 9. The van der Waals surface area contributed by atoms with Gasteiger partial charge in [-0.15, -0.1) is 0 Å². The van der Waals surface area contributed by atoms with Gasteiger partial charge in [0, 0.05) is 21.2 Å². The Morgan fingerprint density at radius 2 is 1.68 bits per heavy atom. The number of hydrogen-bond acceptors (Lipinski definition) is 4. The van der Waals surface area contributed by atoms with Crippen LogP contribution in [0.4, 0.5) is 0 Å². The number of carbonyl (C=O) groups excluding carboxylic acids is 1. The summed E-state index contributed by atoms with van der Waals surface area (Å²) in [7, 11) is 0. The maximum atomic E-state index is 12.4. The molecule has 0 aliphatic heterocycles. The quantitative estimate of drug-likeness (QED) is 0.443. The van der Waals surface area contributed by atoms with Crippen LogP contribution >= 0.6 is 23.2 Å². The van der Waals surface area contributed by atoms with Crippen molar-refractivity contribution >= 4 is 29.1 Å². The number of hydrogen-bond donors (Lipinski definition) is 3. The van der Waals surface area contributed by atoms with E-state index in [-0.39, 0.29) is 6.61 Å². The Morgan fingerprint density at radius 3 is 2.35 bits per heavy atom. The molecule has 4 N–H and O–H groups in total. The summed E-state index contributed by atoms with van der Waals surface area (Å²) in [6, 6.07) is 18.3. The Morgan fingerprint density at radius 1 is 1.00 bits per heavy atom. The van der Waals surface area contributed by atoms with Crippen molar-refractivity contribution in [3.63, 3.8) is 0 Å². The highest BCUT2D eigenvalue weighted by Crippen LogP contribution is 2.36. The molecule has 2 atom stereocenters. The molecule has 162 valence electrons. The van der Waals surface area contributed by atoms with Crippen LogP contribution in [-0.2, 0) is 11.2 Å². The summed E-state index contributed by atoms with van der Waals surface area (Å²) in [5.74, 6) is -1.47. The van der Waals surface area contributed by atoms with E-state index < -0.39 is 17.9 Å². The molecule has 0 bridgehead atoms. The fourth-order valence-corrected chi connectivity index (χ4v) is 4.21. The molecule has 0 aliphatic carbocycles. The van der Waals surface area contributed by atoms with Crippen molar-refractivity contribution in [2.45, 2.75) is 31.3 Å². The van der Waals surface area contributed by atoms with Gasteiger partial charge in [-0.2, -0.15) is 0 Å². The van der Waals surface area contributed by atoms with E-state index in [1.54, 1.807) is 24.3 Å². The highest BCUT2D eigenvalue weighted by atomic mass is 35.5. The summed E-state index contributed by atoms with van der Waals surface area (Å²) in [5, 5.41) is 19.3. The van der Waals surface area contributed by atoms with Crippen LogP contribution in [-0.4, -0.2) is 33.8 Å². The highest BCUT2D eigenvalue weighted by Gasteiger charge is 2.27. The first kappa shape index (κ1) is 23.2. The molecule has 31 heavy (non-hydrogen) atoms. The summed E-state index contributed by atoms with van der Waals surface area (Å²) < 4.78 is 0. The third-order valence-electron chi connectivity index (χ3n) is 5.13. The zero-order chi connectivity index (χ0) is 22.4. The lowest BCUT2D eigenvalue weighted by atomic mass is 9.93. The van der Waals surface area contributed by atoms with E-state index in [1.807, 2.05) is 36.4 Å². The molecule has 1 heterocycles. The van der Waals surface area contributed by atoms with Crippen molar-refractivity contribution in [3.05, 3.63) is 87.5 Å². The third-order valence-corrected chi connectivity index (χ3v) is 5.79. The van der Waals surface area contributed by atoms with Crippen LogP contribution in [0.5, 0.6) is 0 Å². The predicted octanol–water partition coefficient (Wildman–Crippen LogP) is 4.35. The third kappa shape index (κ3) is 5.63. The molecule has 0 aliphatic rings. The number of pyridine rings is 1. The summed E-state index contributed by atoms with van der Waals surface area (Å²) in [6.45, 7) is -0.246. The smallest absolute Gasteiger partial charge is 0.231 e. The number of halogens is 2. The lowest BCUT2D eigenvalue weighted by Crippen LogP contribution is -2.24. The van der Waals surface area contributed by atoms with E-state index >= 15 is 0 Å². The molecular formula is C24H24Cl2N2O3. The van der Waals surface area contributed by atoms with Crippen LogP contribution in [0.2, 0.25) is 10.0 Å². The van der Waals surface area contributed by atoms with Gasteiger partial charge in [-0.1, -0.05) is 59.6 Å². The molecule has 0 spiro atoms. The minimum atomic E-state index is -0.881. The molecular weight excluding hydrogens is 435 g/mol. The largest absolute Gasteiger partial charge is 0.394 e. The molecule has 0 saturated carbocycles. The van der Waals surface area contributed by atoms with Crippen molar-refractivity contribution in [1.29, 1.82) is 0 Å². The second kappa shape index (κ2) is 10.7. The Labute approximate surface area is 191 Å². The van der Waals surface area contributed by atoms with Gasteiger partial charge in [0.1, 0.15) is 5.92 Å². The SMILES string of the molecule is NC(=O)C(c1cccc(-c2ccccc2CCCC(O)CO)n1)c1c(Cl)cccc1Cl. The van der Waals surface area contributed by atoms with Gasteiger partial charge < -0.3 is 15.9 Å². The fraction of sp³-hybridized carbons (Fsp3) is 0.250. The van der Waals surface area contributed by atoms with E-state index in [4.69, 9.17) is 39.0 Å². The second-order valence-electron chi connectivity index (χ2n) is 7.30. The van der Waals surface area contributed by atoms with E-state index in [0.717, 1.165) is 17.5 Å². The molecule has 1 aromatic heterocycles. The number of nitrogens with two attached hydrogens (primary N) is 1. The Kier molecular flexibility index (Phi) is 8.04. The first-order valence-electron chi connectivity index (χ1n) is 9.99. The van der Waals surface area contributed by atoms with E-state index in [1.165, 1.54) is 0 Å². The standard InChI is InChI=1S/C24H24Cl2N2O3/c25-18-10-4-11-19(26)22(18)23(24(27)31)21-13-5-12-20(28-21)17-9-2-1-6-15(17)7-3-8-16(30)14-29/h1-2,4-6,9-13,16,23,29-30H,3,7-8,14H2,(H2,27,31). The first-order chi connectivity index (χ1) is 14.9. The molecule has 0 saturated heterocycles. The molecule has 3 aromatic rings. The highest BCUT2D eigenvalue weighted by molar-refractivity contribution is 6.36. The zero-order valence-corrected chi connectivity index (χ0v) is 18.4. The average molecular weight is 459 g/mol. The lowest BCUT2D eigenvalue weighted by Gasteiger charge is -2.18. The number of primary amides is 1. The normalized spacial score (nSPS) is 13.0. The molecule has 0 fully saturated rings. The second-order valence-corrected chi connectivity index (χ2v) is 8.12. The molecule has 7 heteroatoms. The van der Waals surface area contributed by atoms with Gasteiger partial charge in [0.15, 0.2) is 0 Å². The van der Waals surface area contributed by atoms with Crippen LogP contribution in [0, 0.1) is 0 Å². The summed E-state index contributed by atoms with van der Waals surface area (Å²) >= 11 is 12.7. The van der Waals surface area contributed by atoms with Crippen LogP contribution in [0.15, 0.2) is 60.7 Å². The Bertz CT molecular complexity index is 1040. The molecule has 5 nitrogen and oxygen atoms in total. The number of benzene rings is 2. The molecule has 2 aromatic carbocycles. The zero-order valence-electron chi connectivity index (χ0n) is 16.8. The van der Waals surface area contributed by atoms with Gasteiger partial charge in [-0.25, -0.2) is 0 Å². The monoisotopic (exact) mass is 458 g/mol. The average Bonchev–Trinajstić information content (AvgIpc) is 2.76. The number of amides is 1. The maximum absolute atomic E-state index is 12.4. The van der Waals surface area contributed by atoms with Crippen molar-refractivity contribution in [2.75, 3.05) is 6.61 Å². The van der Waals surface area contributed by atoms with Crippen LogP contribution < -0.4 is 5.73 Å². The number of aryl methyl sites for hydroxylation is 1. The van der Waals surface area contributed by atoms with Gasteiger partial charge in [0.05, 0.1) is 24.1 Å². The van der Waals surface area contributed by atoms with Crippen LogP contribution in [0.3, 0.4) is 0 Å². The van der Waals surface area contributed by atoms with Gasteiger partial charge in [-0.3, -0.25) is 9.78 Å². The summed E-state index contributed by atoms with van der Waals surface area (Å²) in [5.41, 5.74) is 9.31. The van der Waals surface area contributed by atoms with Crippen molar-refractivity contribution in [2.24, 2.45) is 5.73 Å². The Balaban J connectivity index is 1.97. The lowest BCUT2D eigenvalue weighted by molar-refractivity contribution is -0.118. The van der Waals surface area contributed by atoms with Crippen molar-refractivity contribution in [3.8, 4) is 11.3 Å². The van der Waals surface area contributed by atoms with E-state index in [2.05, 4.69) is 0 Å². The predicted molar refractivity (Wildman–Crippen MR) is 123 cm³/mol. The fourth-order valence-electron chi connectivity index (χ4n) is 3.59. The van der Waals surface area contributed by atoms with E-state index in [0.29, 0.717) is 39.8 Å². The van der Waals surface area contributed by atoms with Gasteiger partial charge in [0.2, 0.25) is 5.91 Å². The molecule has 1 amide bonds. The van der Waals surface area contributed by atoms with E-state index in [9.17, 15) is 9.90 Å². The number of carbonyl (C=O) groups is 1. The molecule has 3 rings (SSSR count). The number of aromatic nitrogens is 1. The minimum Gasteiger partial charge on any atom is -0.394 e. The first-order valence-corrected chi connectivity index (χ1v) is 10.7. The van der Waals surface area contributed by atoms with Gasteiger partial charge in [-0.05, 0) is 49.1 Å².